The summed E-state index contributed by atoms with van der Waals surface area (Å²) in [4.78, 5) is 70.3. The van der Waals surface area contributed by atoms with Crippen molar-refractivity contribution in [1.29, 1.82) is 0 Å². The summed E-state index contributed by atoms with van der Waals surface area (Å²) >= 11 is 0. The van der Waals surface area contributed by atoms with Gasteiger partial charge in [0.25, 0.3) is 5.91 Å². The number of carbonyl (C=O) groups is 4. The first-order valence-electron chi connectivity index (χ1n) is 14.7. The van der Waals surface area contributed by atoms with Crippen LogP contribution in [0.2, 0.25) is 0 Å². The number of aromatic carboxylic acids is 1. The van der Waals surface area contributed by atoms with Crippen LogP contribution in [-0.4, -0.2) is 80.3 Å². The Morgan fingerprint density at radius 1 is 1.09 bits per heavy atom. The molecule has 5 rings (SSSR count). The Bertz CT molecular complexity index is 1860. The number of amides is 3. The molecule has 250 valence electrons. The van der Waals surface area contributed by atoms with E-state index in [0.29, 0.717) is 6.07 Å². The number of pyridine rings is 2. The molecule has 0 bridgehead atoms. The highest BCUT2D eigenvalue weighted by molar-refractivity contribution is 5.97. The summed E-state index contributed by atoms with van der Waals surface area (Å²) in [5.74, 6) is -6.58. The fourth-order valence-corrected chi connectivity index (χ4v) is 6.00. The number of nitrogens with one attached hydrogen (secondary N) is 1. The fourth-order valence-electron chi connectivity index (χ4n) is 6.00. The van der Waals surface area contributed by atoms with Crippen LogP contribution in [0.5, 0.6) is 0 Å². The van der Waals surface area contributed by atoms with Crippen molar-refractivity contribution < 1.29 is 42.2 Å². The van der Waals surface area contributed by atoms with Crippen molar-refractivity contribution in [2.24, 2.45) is 17.6 Å². The zero-order valence-electron chi connectivity index (χ0n) is 26.1. The van der Waals surface area contributed by atoms with Gasteiger partial charge in [-0.25, -0.2) is 27.7 Å². The minimum Gasteiger partial charge on any atom is -0.477 e. The number of anilines is 1. The molecule has 47 heavy (non-hydrogen) atoms. The van der Waals surface area contributed by atoms with Crippen LogP contribution in [0.4, 0.5) is 23.8 Å². The molecule has 2 aliphatic rings. The maximum Gasteiger partial charge on any atom is 0.414 e. The molecule has 1 saturated heterocycles. The fraction of sp³-hybridized carbons (Fsp3) is 0.419. The van der Waals surface area contributed by atoms with Crippen molar-refractivity contribution in [3.8, 4) is 5.69 Å². The van der Waals surface area contributed by atoms with Crippen LogP contribution < -0.4 is 21.4 Å². The van der Waals surface area contributed by atoms with Crippen molar-refractivity contribution in [2.45, 2.75) is 58.3 Å². The smallest absolute Gasteiger partial charge is 0.414 e. The highest BCUT2D eigenvalue weighted by Crippen LogP contribution is 2.51. The first kappa shape index (κ1) is 33.4. The van der Waals surface area contributed by atoms with Gasteiger partial charge >= 0.3 is 12.1 Å². The molecular weight excluding hydrogens is 625 g/mol. The maximum absolute atomic E-state index is 15.6. The van der Waals surface area contributed by atoms with E-state index >= 15 is 4.39 Å². The quantitative estimate of drug-likeness (QED) is 0.342. The van der Waals surface area contributed by atoms with E-state index in [0.717, 1.165) is 29.0 Å². The molecule has 2 aromatic heterocycles. The number of carboxylic acid groups (broad SMARTS) is 1. The monoisotopic (exact) mass is 658 g/mol. The Balaban J connectivity index is 1.45. The Morgan fingerprint density at radius 3 is 2.28 bits per heavy atom. The minimum atomic E-state index is -1.64. The Kier molecular flexibility index (Phi) is 8.51. The molecule has 4 N–H and O–H groups in total. The number of piperidine rings is 1. The van der Waals surface area contributed by atoms with Crippen molar-refractivity contribution >= 4 is 40.7 Å². The average Bonchev–Trinajstić information content (AvgIpc) is 3.41. The lowest BCUT2D eigenvalue weighted by Crippen LogP contribution is -2.55. The molecule has 1 saturated carbocycles. The van der Waals surface area contributed by atoms with Gasteiger partial charge in [-0.1, -0.05) is 0 Å². The molecule has 3 amide bonds. The number of fused-ring (bicyclic) bond motifs is 2. The average molecular weight is 659 g/mol. The van der Waals surface area contributed by atoms with Gasteiger partial charge in [0.05, 0.1) is 17.1 Å². The normalized spacial score (nSPS) is 19.9. The molecule has 1 aromatic carbocycles. The number of carboxylic acids is 1. The third-order valence-corrected chi connectivity index (χ3v) is 8.15. The second kappa shape index (κ2) is 12.0. The van der Waals surface area contributed by atoms with E-state index in [4.69, 9.17) is 10.5 Å². The van der Waals surface area contributed by atoms with Crippen LogP contribution in [0.1, 0.15) is 45.0 Å². The predicted octanol–water partition coefficient (Wildman–Crippen LogP) is 2.55. The SMILES string of the molecule is C[C@H](N)C(=O)N([C@H]1[C@@H]2CN(c3nc4c(cc3F)c(=O)c(C(=O)O)cn4-c3ccc(F)cc3F)C[C@@H]21)[C@@H](C)C(=O)NC(=O)OC(C)(C)C. The summed E-state index contributed by atoms with van der Waals surface area (Å²) < 4.78 is 50.2. The number of nitrogens with zero attached hydrogens (tertiary/aromatic N) is 4. The number of alkyl carbamates (subject to hydrolysis) is 1. The first-order valence-corrected chi connectivity index (χ1v) is 14.7. The summed E-state index contributed by atoms with van der Waals surface area (Å²) in [6, 6.07) is 0.809. The summed E-state index contributed by atoms with van der Waals surface area (Å²) in [6.07, 6.45) is -0.131. The van der Waals surface area contributed by atoms with Crippen LogP contribution in [0.15, 0.2) is 35.3 Å². The number of nitrogens with two attached hydrogens (primary N) is 1. The van der Waals surface area contributed by atoms with Crippen molar-refractivity contribution in [1.82, 2.24) is 19.8 Å². The van der Waals surface area contributed by atoms with E-state index in [1.165, 1.54) is 18.7 Å². The number of benzene rings is 1. The largest absolute Gasteiger partial charge is 0.477 e. The molecular formula is C31H33F3N6O7. The predicted molar refractivity (Wildman–Crippen MR) is 161 cm³/mol. The number of hydrogen-bond donors (Lipinski definition) is 3. The van der Waals surface area contributed by atoms with E-state index < -0.39 is 81.4 Å². The molecule has 1 aliphatic heterocycles. The third-order valence-electron chi connectivity index (χ3n) is 8.15. The molecule has 1 aliphatic carbocycles. The summed E-state index contributed by atoms with van der Waals surface area (Å²) in [5.41, 5.74) is 2.63. The highest BCUT2D eigenvalue weighted by atomic mass is 19.1. The Hall–Kier alpha value is -4.99. The molecule has 3 heterocycles. The van der Waals surface area contributed by atoms with E-state index in [1.807, 2.05) is 0 Å². The van der Waals surface area contributed by atoms with Gasteiger partial charge in [0.1, 0.15) is 28.8 Å². The second-order valence-corrected chi connectivity index (χ2v) is 12.7. The van der Waals surface area contributed by atoms with E-state index in [-0.39, 0.29) is 42.1 Å². The summed E-state index contributed by atoms with van der Waals surface area (Å²) in [5, 5.41) is 11.3. The second-order valence-electron chi connectivity index (χ2n) is 12.7. The van der Waals surface area contributed by atoms with Gasteiger partial charge in [-0.15, -0.1) is 0 Å². The molecule has 0 unspecified atom stereocenters. The topological polar surface area (TPSA) is 177 Å². The van der Waals surface area contributed by atoms with Crippen LogP contribution in [0.3, 0.4) is 0 Å². The van der Waals surface area contributed by atoms with Crippen molar-refractivity contribution in [3.05, 3.63) is 63.7 Å². The van der Waals surface area contributed by atoms with Gasteiger partial charge in [0.15, 0.2) is 17.3 Å². The number of halogens is 3. The number of ether oxygens (including phenoxy) is 1. The molecule has 3 aromatic rings. The minimum absolute atomic E-state index is 0.163. The van der Waals surface area contributed by atoms with Crippen LogP contribution in [0, 0.1) is 29.3 Å². The van der Waals surface area contributed by atoms with Gasteiger partial charge in [-0.05, 0) is 52.8 Å². The van der Waals surface area contributed by atoms with Gasteiger partial charge in [0, 0.05) is 43.2 Å². The van der Waals surface area contributed by atoms with Crippen molar-refractivity contribution in [3.63, 3.8) is 0 Å². The van der Waals surface area contributed by atoms with Gasteiger partial charge in [-0.3, -0.25) is 24.3 Å². The molecule has 5 atom stereocenters. The first-order chi connectivity index (χ1) is 21.9. The lowest BCUT2D eigenvalue weighted by Gasteiger charge is -2.33. The van der Waals surface area contributed by atoms with Gasteiger partial charge in [-0.2, -0.15) is 0 Å². The third kappa shape index (κ3) is 6.37. The molecule has 13 nitrogen and oxygen atoms in total. The number of hydrogen-bond acceptors (Lipinski definition) is 9. The Labute approximate surface area is 266 Å². The van der Waals surface area contributed by atoms with Crippen LogP contribution >= 0.6 is 0 Å². The van der Waals surface area contributed by atoms with Crippen molar-refractivity contribution in [2.75, 3.05) is 18.0 Å². The molecule has 2 fully saturated rings. The number of aromatic nitrogens is 2. The van der Waals surface area contributed by atoms with E-state index in [1.54, 1.807) is 25.7 Å². The maximum atomic E-state index is 15.6. The summed E-state index contributed by atoms with van der Waals surface area (Å²) in [7, 11) is 0. The van der Waals surface area contributed by atoms with E-state index in [2.05, 4.69) is 10.3 Å². The van der Waals surface area contributed by atoms with Crippen LogP contribution in [-0.2, 0) is 14.3 Å². The molecule has 16 heteroatoms. The lowest BCUT2D eigenvalue weighted by molar-refractivity contribution is -0.141. The molecule has 0 spiro atoms. The number of imide groups is 1. The lowest BCUT2D eigenvalue weighted by atomic mass is 10.1. The zero-order valence-corrected chi connectivity index (χ0v) is 26.1. The zero-order chi connectivity index (χ0) is 34.7. The number of carbonyl (C=O) groups excluding carboxylic acids is 3. The van der Waals surface area contributed by atoms with E-state index in [9.17, 15) is 37.9 Å². The standard InChI is InChI=1S/C31H33F3N6O7/c1-13(35)28(43)40(14(2)27(42)37-30(46)47-31(3,4)5)23-17-10-38(11-18(17)23)26-21(34)9-16-24(41)19(29(44)45)12-39(25(16)36-26)22-7-6-15(32)8-20(22)33/h6-9,12-14,17-18,23H,10-11,35H2,1-5H3,(H,44,45)(H,37,42,46)/t13-,14-,17-,18+,23+/m0/s1. The van der Waals surface area contributed by atoms with Crippen LogP contribution in [0.25, 0.3) is 16.7 Å². The summed E-state index contributed by atoms with van der Waals surface area (Å²) in [6.45, 7) is 8.13. The Morgan fingerprint density at radius 2 is 1.72 bits per heavy atom. The highest BCUT2D eigenvalue weighted by Gasteiger charge is 2.61. The van der Waals surface area contributed by atoms with Gasteiger partial charge in [0.2, 0.25) is 11.3 Å². The number of rotatable bonds is 7. The molecule has 0 radical (unpaired) electrons. The van der Waals surface area contributed by atoms with Gasteiger partial charge < -0.3 is 25.4 Å².